The van der Waals surface area contributed by atoms with Crippen LogP contribution in [0.3, 0.4) is 0 Å². The van der Waals surface area contributed by atoms with Gasteiger partial charge in [0.15, 0.2) is 0 Å². The third-order valence-electron chi connectivity index (χ3n) is 4.79. The molecule has 1 aromatic carbocycles. The van der Waals surface area contributed by atoms with Gasteiger partial charge in [-0.15, -0.1) is 0 Å². The lowest BCUT2D eigenvalue weighted by Crippen LogP contribution is -2.35. The molecule has 7 nitrogen and oxygen atoms in total. The number of carbonyl (C=O) groups excluding carboxylic acids is 1. The highest BCUT2D eigenvalue weighted by Gasteiger charge is 2.40. The molecule has 0 bridgehead atoms. The van der Waals surface area contributed by atoms with E-state index in [1.165, 1.54) is 47.2 Å². The molecule has 2 rings (SSSR count). The first-order chi connectivity index (χ1) is 14.7. The van der Waals surface area contributed by atoms with E-state index in [9.17, 15) is 32.0 Å². The highest BCUT2D eigenvalue weighted by molar-refractivity contribution is 8.05. The number of hydrogen-bond acceptors (Lipinski definition) is 4. The number of urea groups is 1. The molecule has 2 unspecified atom stereocenters. The fraction of sp³-hybridized carbons (Fsp3) is 0.526. The molecule has 0 aromatic heterocycles. The molecular weight excluding hydrogens is 475 g/mol. The first-order valence-corrected chi connectivity index (χ1v) is 12.4. The SMILES string of the molecule is CN1CC(C=CC(O)C(F)(F)c2ccccc2)N(CCCC(F)(F)SCP(=O)(O)O)C1=O. The lowest BCUT2D eigenvalue weighted by Gasteiger charge is -2.24. The number of aliphatic hydroxyl groups excluding tert-OH is 1. The first-order valence-electron chi connectivity index (χ1n) is 9.61. The second-order valence-corrected chi connectivity index (χ2v) is 10.7. The Hall–Kier alpha value is -1.59. The van der Waals surface area contributed by atoms with Gasteiger partial charge < -0.3 is 24.7 Å². The van der Waals surface area contributed by atoms with Crippen LogP contribution in [-0.4, -0.2) is 73.8 Å². The minimum Gasteiger partial charge on any atom is -0.382 e. The number of halogens is 4. The van der Waals surface area contributed by atoms with E-state index in [0.29, 0.717) is 0 Å². The Balaban J connectivity index is 1.99. The second-order valence-electron chi connectivity index (χ2n) is 7.42. The van der Waals surface area contributed by atoms with Crippen molar-refractivity contribution in [1.82, 2.24) is 9.80 Å². The standard InChI is InChI=1S/C19H25F4N2O5PS/c1-24-12-15(8-9-16(26)19(22,23)14-6-3-2-4-7-14)25(17(24)27)11-5-10-18(20,21)32-13-31(28,29)30/h2-4,6-9,15-16,26H,5,10-13H2,1H3,(H2,28,29,30). The van der Waals surface area contributed by atoms with E-state index < -0.39 is 48.9 Å². The van der Waals surface area contributed by atoms with E-state index in [4.69, 9.17) is 9.79 Å². The van der Waals surface area contributed by atoms with Crippen molar-refractivity contribution in [2.75, 3.05) is 25.6 Å². The topological polar surface area (TPSA) is 101 Å². The smallest absolute Gasteiger partial charge is 0.335 e. The van der Waals surface area contributed by atoms with Gasteiger partial charge in [-0.2, -0.15) is 17.6 Å². The first kappa shape index (κ1) is 26.7. The van der Waals surface area contributed by atoms with Gasteiger partial charge in [-0.3, -0.25) is 4.57 Å². The normalized spacial score (nSPS) is 19.2. The zero-order valence-corrected chi connectivity index (χ0v) is 18.9. The molecule has 1 heterocycles. The van der Waals surface area contributed by atoms with Crippen LogP contribution in [0.25, 0.3) is 0 Å². The molecule has 2 amide bonds. The molecule has 0 radical (unpaired) electrons. The van der Waals surface area contributed by atoms with Gasteiger partial charge in [0.2, 0.25) is 0 Å². The van der Waals surface area contributed by atoms with Gasteiger partial charge in [-0.25, -0.2) is 4.79 Å². The van der Waals surface area contributed by atoms with Crippen molar-refractivity contribution < 1.29 is 41.8 Å². The predicted molar refractivity (Wildman–Crippen MR) is 113 cm³/mol. The van der Waals surface area contributed by atoms with Crippen molar-refractivity contribution in [3.05, 3.63) is 48.0 Å². The van der Waals surface area contributed by atoms with E-state index in [2.05, 4.69) is 0 Å². The van der Waals surface area contributed by atoms with Gasteiger partial charge in [0, 0.05) is 32.1 Å². The number of alkyl halides is 4. The number of benzene rings is 1. The molecule has 3 N–H and O–H groups in total. The van der Waals surface area contributed by atoms with E-state index in [-0.39, 0.29) is 36.8 Å². The molecule has 1 fully saturated rings. The van der Waals surface area contributed by atoms with Gasteiger partial charge in [0.1, 0.15) is 11.6 Å². The molecule has 1 aliphatic heterocycles. The maximum absolute atomic E-state index is 14.4. The Labute approximate surface area is 187 Å². The summed E-state index contributed by atoms with van der Waals surface area (Å²) in [6.07, 6.45) is -0.906. The van der Waals surface area contributed by atoms with E-state index in [1.54, 1.807) is 6.07 Å². The van der Waals surface area contributed by atoms with Crippen molar-refractivity contribution in [2.45, 2.75) is 36.2 Å². The van der Waals surface area contributed by atoms with Gasteiger partial charge in [0.05, 0.1) is 6.04 Å². The van der Waals surface area contributed by atoms with E-state index in [1.807, 2.05) is 0 Å². The summed E-state index contributed by atoms with van der Waals surface area (Å²) < 4.78 is 67.3. The molecule has 13 heteroatoms. The Morgan fingerprint density at radius 2 is 1.88 bits per heavy atom. The van der Waals surface area contributed by atoms with Crippen LogP contribution in [-0.2, 0) is 10.5 Å². The number of likely N-dealkylation sites (N-methyl/N-ethyl adjacent to an activating group) is 1. The number of amides is 2. The van der Waals surface area contributed by atoms with Crippen LogP contribution in [0.2, 0.25) is 0 Å². The molecule has 1 saturated heterocycles. The summed E-state index contributed by atoms with van der Waals surface area (Å²) in [4.78, 5) is 32.3. The number of thioether (sulfide) groups is 1. The number of carbonyl (C=O) groups is 1. The maximum atomic E-state index is 14.4. The van der Waals surface area contributed by atoms with Crippen LogP contribution < -0.4 is 0 Å². The lowest BCUT2D eigenvalue weighted by atomic mass is 10.0. The van der Waals surface area contributed by atoms with Crippen molar-refractivity contribution in [3.63, 3.8) is 0 Å². The highest BCUT2D eigenvalue weighted by Crippen LogP contribution is 2.45. The molecular formula is C19H25F4N2O5PS. The average molecular weight is 500 g/mol. The fourth-order valence-electron chi connectivity index (χ4n) is 3.14. The summed E-state index contributed by atoms with van der Waals surface area (Å²) in [5, 5.41) is 6.60. The van der Waals surface area contributed by atoms with Crippen molar-refractivity contribution in [1.29, 1.82) is 0 Å². The van der Waals surface area contributed by atoms with Crippen LogP contribution in [0, 0.1) is 0 Å². The molecule has 0 spiro atoms. The summed E-state index contributed by atoms with van der Waals surface area (Å²) in [5.74, 6) is -3.56. The zero-order valence-electron chi connectivity index (χ0n) is 17.2. The predicted octanol–water partition coefficient (Wildman–Crippen LogP) is 3.67. The van der Waals surface area contributed by atoms with Gasteiger partial charge in [-0.05, 0) is 6.42 Å². The zero-order chi connectivity index (χ0) is 24.2. The Kier molecular flexibility index (Phi) is 8.80. The largest absolute Gasteiger partial charge is 0.382 e. The fourth-order valence-corrected chi connectivity index (χ4v) is 4.85. The quantitative estimate of drug-likeness (QED) is 0.244. The minimum absolute atomic E-state index is 0.116. The summed E-state index contributed by atoms with van der Waals surface area (Å²) in [5.41, 5.74) is -1.40. The maximum Gasteiger partial charge on any atom is 0.335 e. The monoisotopic (exact) mass is 500 g/mol. The third kappa shape index (κ3) is 7.48. The Morgan fingerprint density at radius 1 is 1.25 bits per heavy atom. The van der Waals surface area contributed by atoms with Crippen LogP contribution in [0.5, 0.6) is 0 Å². The molecule has 32 heavy (non-hydrogen) atoms. The van der Waals surface area contributed by atoms with Crippen molar-refractivity contribution >= 4 is 25.4 Å². The van der Waals surface area contributed by atoms with Crippen LogP contribution >= 0.6 is 19.4 Å². The van der Waals surface area contributed by atoms with Gasteiger partial charge >= 0.3 is 19.5 Å². The third-order valence-corrected chi connectivity index (χ3v) is 7.28. The number of aliphatic hydroxyl groups is 1. The molecule has 0 aliphatic carbocycles. The van der Waals surface area contributed by atoms with Crippen LogP contribution in [0.1, 0.15) is 18.4 Å². The molecule has 2 atom stereocenters. The summed E-state index contributed by atoms with van der Waals surface area (Å²) in [6, 6.07) is 5.58. The van der Waals surface area contributed by atoms with Crippen LogP contribution in [0.15, 0.2) is 42.5 Å². The van der Waals surface area contributed by atoms with Crippen molar-refractivity contribution in [3.8, 4) is 0 Å². The summed E-state index contributed by atoms with van der Waals surface area (Å²) in [7, 11) is -3.11. The number of rotatable bonds is 11. The van der Waals surface area contributed by atoms with E-state index in [0.717, 1.165) is 6.08 Å². The Morgan fingerprint density at radius 3 is 2.47 bits per heavy atom. The molecule has 0 saturated carbocycles. The number of nitrogens with zero attached hydrogens (tertiary/aromatic N) is 2. The van der Waals surface area contributed by atoms with Crippen LogP contribution in [0.4, 0.5) is 22.4 Å². The number of hydrogen-bond donors (Lipinski definition) is 3. The lowest BCUT2D eigenvalue weighted by molar-refractivity contribution is -0.0929. The Bertz CT molecular complexity index is 855. The molecule has 1 aromatic rings. The van der Waals surface area contributed by atoms with E-state index >= 15 is 0 Å². The average Bonchev–Trinajstić information content (AvgIpc) is 2.98. The molecule has 1 aliphatic rings. The highest BCUT2D eigenvalue weighted by atomic mass is 32.2. The van der Waals surface area contributed by atoms with Gasteiger partial charge in [-0.1, -0.05) is 54.2 Å². The summed E-state index contributed by atoms with van der Waals surface area (Å²) in [6.45, 7) is 0.0116. The second kappa shape index (κ2) is 10.6. The van der Waals surface area contributed by atoms with Gasteiger partial charge in [0.25, 0.3) is 5.25 Å². The minimum atomic E-state index is -4.58. The summed E-state index contributed by atoms with van der Waals surface area (Å²) >= 11 is -0.156. The molecule has 180 valence electrons. The van der Waals surface area contributed by atoms with Crippen molar-refractivity contribution in [2.24, 2.45) is 0 Å².